The quantitative estimate of drug-likeness (QED) is 0.660. The molecule has 0 fully saturated rings. The van der Waals surface area contributed by atoms with Crippen molar-refractivity contribution in [3.05, 3.63) is 12.2 Å². The first-order chi connectivity index (χ1) is 7.11. The van der Waals surface area contributed by atoms with Crippen molar-refractivity contribution in [2.75, 3.05) is 7.11 Å². The lowest BCUT2D eigenvalue weighted by Gasteiger charge is -2.23. The molecule has 0 spiro atoms. The van der Waals surface area contributed by atoms with E-state index in [0.717, 1.165) is 6.42 Å². The Labute approximate surface area is 88.9 Å². The maximum absolute atomic E-state index is 10.6. The predicted octanol–water partition coefficient (Wildman–Crippen LogP) is 0.566. The van der Waals surface area contributed by atoms with Crippen LogP contribution in [0.5, 0.6) is 0 Å². The van der Waals surface area contributed by atoms with Crippen LogP contribution in [0.4, 0.5) is 4.79 Å². The second kappa shape index (κ2) is 5.72. The number of hydrogen-bond acceptors (Lipinski definition) is 4. The summed E-state index contributed by atoms with van der Waals surface area (Å²) in [5, 5.41) is 9.47. The molecule has 3 atom stereocenters. The minimum Gasteiger partial charge on any atom is -0.442 e. The lowest BCUT2D eigenvalue weighted by molar-refractivity contribution is 0.0341. The molecule has 1 aliphatic rings. The summed E-state index contributed by atoms with van der Waals surface area (Å²) in [6, 6.07) is 0. The van der Waals surface area contributed by atoms with Crippen LogP contribution in [0.2, 0.25) is 0 Å². The number of primary amides is 1. The van der Waals surface area contributed by atoms with E-state index in [1.807, 2.05) is 0 Å². The Morgan fingerprint density at radius 2 is 2.20 bits per heavy atom. The molecule has 0 saturated carbocycles. The molecule has 1 aliphatic carbocycles. The number of carbonyl (C=O) groups excluding carboxylic acids is 1. The molecule has 5 nitrogen and oxygen atoms in total. The van der Waals surface area contributed by atoms with Gasteiger partial charge in [-0.15, -0.1) is 0 Å². The van der Waals surface area contributed by atoms with Gasteiger partial charge in [-0.2, -0.15) is 0 Å². The molecule has 0 aliphatic heterocycles. The largest absolute Gasteiger partial charge is 0.442 e. The van der Waals surface area contributed by atoms with E-state index in [9.17, 15) is 9.90 Å². The molecule has 0 aromatic carbocycles. The van der Waals surface area contributed by atoms with E-state index in [0.29, 0.717) is 12.8 Å². The zero-order chi connectivity index (χ0) is 11.3. The third-order valence-electron chi connectivity index (χ3n) is 2.43. The summed E-state index contributed by atoms with van der Waals surface area (Å²) in [6.45, 7) is 0. The summed E-state index contributed by atoms with van der Waals surface area (Å²) < 4.78 is 10.1. The Bertz CT molecular complexity index is 242. The van der Waals surface area contributed by atoms with E-state index in [1.165, 1.54) is 0 Å². The van der Waals surface area contributed by atoms with Gasteiger partial charge in [-0.3, -0.25) is 0 Å². The zero-order valence-corrected chi connectivity index (χ0v) is 8.76. The smallest absolute Gasteiger partial charge is 0.405 e. The van der Waals surface area contributed by atoms with Gasteiger partial charge < -0.3 is 20.3 Å². The number of carbonyl (C=O) groups is 1. The van der Waals surface area contributed by atoms with Gasteiger partial charge in [0, 0.05) is 13.5 Å². The first-order valence-corrected chi connectivity index (χ1v) is 4.97. The van der Waals surface area contributed by atoms with Crippen molar-refractivity contribution in [2.45, 2.75) is 37.6 Å². The van der Waals surface area contributed by atoms with Crippen molar-refractivity contribution in [3.63, 3.8) is 0 Å². The summed E-state index contributed by atoms with van der Waals surface area (Å²) in [4.78, 5) is 10.6. The highest BCUT2D eigenvalue weighted by Gasteiger charge is 2.20. The molecule has 5 heteroatoms. The zero-order valence-electron chi connectivity index (χ0n) is 8.76. The average molecular weight is 215 g/mol. The van der Waals surface area contributed by atoms with Gasteiger partial charge in [0.1, 0.15) is 6.10 Å². The summed E-state index contributed by atoms with van der Waals surface area (Å²) in [5.74, 6) is 0. The van der Waals surface area contributed by atoms with Crippen molar-refractivity contribution < 1.29 is 19.4 Å². The molecular formula is C10H17NO4. The summed E-state index contributed by atoms with van der Waals surface area (Å²) in [6.07, 6.45) is 3.48. The van der Waals surface area contributed by atoms with Crippen LogP contribution in [-0.4, -0.2) is 36.6 Å². The number of rotatable bonds is 2. The third-order valence-corrected chi connectivity index (χ3v) is 2.43. The van der Waals surface area contributed by atoms with Crippen LogP contribution in [0.1, 0.15) is 19.3 Å². The fraction of sp³-hybridized carbons (Fsp3) is 0.700. The van der Waals surface area contributed by atoms with Gasteiger partial charge >= 0.3 is 6.09 Å². The van der Waals surface area contributed by atoms with Crippen molar-refractivity contribution >= 4 is 6.09 Å². The number of hydrogen-bond donors (Lipinski definition) is 2. The number of nitrogens with two attached hydrogens (primary N) is 1. The summed E-state index contributed by atoms with van der Waals surface area (Å²) in [5.41, 5.74) is 4.94. The van der Waals surface area contributed by atoms with Crippen molar-refractivity contribution in [1.82, 2.24) is 0 Å². The number of aliphatic hydroxyl groups excluding tert-OH is 1. The number of methoxy groups -OCH3 is 1. The summed E-state index contributed by atoms with van der Waals surface area (Å²) in [7, 11) is 1.60. The minimum absolute atomic E-state index is 0.0195. The SMILES string of the molecule is COC1CCC(O)C=CC(OC(N)=O)C1. The van der Waals surface area contributed by atoms with E-state index in [4.69, 9.17) is 15.2 Å². The highest BCUT2D eigenvalue weighted by molar-refractivity contribution is 5.65. The maximum atomic E-state index is 10.6. The first kappa shape index (κ1) is 12.0. The molecule has 0 aromatic rings. The van der Waals surface area contributed by atoms with Crippen LogP contribution in [0.25, 0.3) is 0 Å². The lowest BCUT2D eigenvalue weighted by atomic mass is 10.00. The highest BCUT2D eigenvalue weighted by atomic mass is 16.6. The molecule has 0 aromatic heterocycles. The fourth-order valence-corrected chi connectivity index (χ4v) is 1.61. The Kier molecular flexibility index (Phi) is 4.58. The van der Waals surface area contributed by atoms with E-state index < -0.39 is 18.3 Å². The van der Waals surface area contributed by atoms with Gasteiger partial charge in [-0.05, 0) is 18.9 Å². The highest BCUT2D eigenvalue weighted by Crippen LogP contribution is 2.17. The van der Waals surface area contributed by atoms with E-state index in [2.05, 4.69) is 0 Å². The molecule has 0 radical (unpaired) electrons. The molecule has 3 N–H and O–H groups in total. The standard InChI is InChI=1S/C10H17NO4/c1-14-8-4-2-7(12)3-5-9(6-8)15-10(11)13/h3,5,7-9,12H,2,4,6H2,1H3,(H2,11,13). The Morgan fingerprint density at radius 1 is 1.47 bits per heavy atom. The van der Waals surface area contributed by atoms with Gasteiger partial charge in [0.15, 0.2) is 0 Å². The van der Waals surface area contributed by atoms with E-state index >= 15 is 0 Å². The minimum atomic E-state index is -0.811. The molecule has 1 rings (SSSR count). The van der Waals surface area contributed by atoms with Gasteiger partial charge in [0.25, 0.3) is 0 Å². The lowest BCUT2D eigenvalue weighted by Crippen LogP contribution is -2.28. The monoisotopic (exact) mass is 215 g/mol. The van der Waals surface area contributed by atoms with Crippen molar-refractivity contribution in [3.8, 4) is 0 Å². The maximum Gasteiger partial charge on any atom is 0.405 e. The second-order valence-corrected chi connectivity index (χ2v) is 3.60. The molecule has 1 amide bonds. The van der Waals surface area contributed by atoms with Gasteiger partial charge in [-0.25, -0.2) is 4.79 Å². The molecule has 3 unspecified atom stereocenters. The van der Waals surface area contributed by atoms with Crippen molar-refractivity contribution in [1.29, 1.82) is 0 Å². The molecular weight excluding hydrogens is 198 g/mol. The first-order valence-electron chi connectivity index (χ1n) is 4.97. The fourth-order valence-electron chi connectivity index (χ4n) is 1.61. The molecule has 0 heterocycles. The topological polar surface area (TPSA) is 81.8 Å². The number of aliphatic hydroxyl groups is 1. The van der Waals surface area contributed by atoms with Gasteiger partial charge in [-0.1, -0.05) is 6.08 Å². The Balaban J connectivity index is 2.61. The predicted molar refractivity (Wildman–Crippen MR) is 54.3 cm³/mol. The number of ether oxygens (including phenoxy) is 2. The normalized spacial score (nSPS) is 31.7. The Morgan fingerprint density at radius 3 is 2.80 bits per heavy atom. The third kappa shape index (κ3) is 4.31. The molecule has 15 heavy (non-hydrogen) atoms. The van der Waals surface area contributed by atoms with Crippen LogP contribution in [0.3, 0.4) is 0 Å². The summed E-state index contributed by atoms with van der Waals surface area (Å²) >= 11 is 0. The van der Waals surface area contributed by atoms with Gasteiger partial charge in [0.05, 0.1) is 12.2 Å². The van der Waals surface area contributed by atoms with Crippen LogP contribution < -0.4 is 5.73 Å². The Hall–Kier alpha value is -1.07. The van der Waals surface area contributed by atoms with E-state index in [1.54, 1.807) is 19.3 Å². The van der Waals surface area contributed by atoms with E-state index in [-0.39, 0.29) is 6.10 Å². The number of amides is 1. The van der Waals surface area contributed by atoms with Crippen LogP contribution in [0.15, 0.2) is 12.2 Å². The second-order valence-electron chi connectivity index (χ2n) is 3.60. The van der Waals surface area contributed by atoms with Crippen LogP contribution in [0, 0.1) is 0 Å². The van der Waals surface area contributed by atoms with Crippen molar-refractivity contribution in [2.24, 2.45) is 5.73 Å². The molecule has 0 saturated heterocycles. The average Bonchev–Trinajstić information content (AvgIpc) is 2.16. The molecule has 0 bridgehead atoms. The van der Waals surface area contributed by atoms with Gasteiger partial charge in [0.2, 0.25) is 0 Å². The molecule has 86 valence electrons. The van der Waals surface area contributed by atoms with Crippen LogP contribution >= 0.6 is 0 Å². The van der Waals surface area contributed by atoms with Crippen LogP contribution in [-0.2, 0) is 9.47 Å².